The Morgan fingerprint density at radius 1 is 1.33 bits per heavy atom. The number of nitrogens with two attached hydrogens (primary N) is 1. The van der Waals surface area contributed by atoms with Crippen LogP contribution in [0.3, 0.4) is 0 Å². The lowest BCUT2D eigenvalue weighted by Gasteiger charge is -2.04. The molecular formula is C15H12BrN3O2. The molecule has 0 saturated carbocycles. The largest absolute Gasteiger partial charge is 0.456 e. The standard InChI is InChI=1S/C15H12BrN3O2/c16-12-5-4-10(7-13(12)17)15(20)21-9-11-8-19-6-2-1-3-14(19)18-11/h1-8H,9,17H2. The number of pyridine rings is 1. The van der Waals surface area contributed by atoms with Crippen LogP contribution < -0.4 is 5.73 Å². The molecule has 0 atom stereocenters. The highest BCUT2D eigenvalue weighted by Gasteiger charge is 2.10. The van der Waals surface area contributed by atoms with Gasteiger partial charge >= 0.3 is 5.97 Å². The molecule has 5 nitrogen and oxygen atoms in total. The first-order chi connectivity index (χ1) is 10.1. The number of hydrogen-bond donors (Lipinski definition) is 1. The fourth-order valence-electron chi connectivity index (χ4n) is 1.95. The molecule has 0 radical (unpaired) electrons. The smallest absolute Gasteiger partial charge is 0.338 e. The van der Waals surface area contributed by atoms with Crippen molar-refractivity contribution in [3.8, 4) is 0 Å². The highest BCUT2D eigenvalue weighted by atomic mass is 79.9. The van der Waals surface area contributed by atoms with Crippen molar-refractivity contribution < 1.29 is 9.53 Å². The summed E-state index contributed by atoms with van der Waals surface area (Å²) in [4.78, 5) is 16.3. The van der Waals surface area contributed by atoms with E-state index in [-0.39, 0.29) is 6.61 Å². The summed E-state index contributed by atoms with van der Waals surface area (Å²) < 4.78 is 7.88. The Hall–Kier alpha value is -2.34. The Bertz CT molecular complexity index is 781. The molecule has 0 bridgehead atoms. The Balaban J connectivity index is 1.71. The Morgan fingerprint density at radius 2 is 2.19 bits per heavy atom. The van der Waals surface area contributed by atoms with Crippen LogP contribution in [0.5, 0.6) is 0 Å². The maximum atomic E-state index is 12.0. The van der Waals surface area contributed by atoms with E-state index in [2.05, 4.69) is 20.9 Å². The molecular weight excluding hydrogens is 334 g/mol. The molecule has 0 aliphatic rings. The van der Waals surface area contributed by atoms with Crippen molar-refractivity contribution in [2.75, 3.05) is 5.73 Å². The number of esters is 1. The first-order valence-electron chi connectivity index (χ1n) is 6.28. The third-order valence-corrected chi connectivity index (χ3v) is 3.72. The predicted molar refractivity (Wildman–Crippen MR) is 82.9 cm³/mol. The maximum Gasteiger partial charge on any atom is 0.338 e. The summed E-state index contributed by atoms with van der Waals surface area (Å²) in [5.74, 6) is -0.425. The van der Waals surface area contributed by atoms with Gasteiger partial charge < -0.3 is 14.9 Å². The van der Waals surface area contributed by atoms with E-state index in [1.807, 2.05) is 35.0 Å². The third-order valence-electron chi connectivity index (χ3n) is 3.00. The SMILES string of the molecule is Nc1cc(C(=O)OCc2cn3ccccc3n2)ccc1Br. The van der Waals surface area contributed by atoms with Gasteiger partial charge in [-0.15, -0.1) is 0 Å². The van der Waals surface area contributed by atoms with Crippen LogP contribution >= 0.6 is 15.9 Å². The maximum absolute atomic E-state index is 12.0. The van der Waals surface area contributed by atoms with Gasteiger partial charge in [-0.1, -0.05) is 6.07 Å². The molecule has 1 aromatic carbocycles. The highest BCUT2D eigenvalue weighted by molar-refractivity contribution is 9.10. The minimum absolute atomic E-state index is 0.122. The second kappa shape index (κ2) is 5.57. The average molecular weight is 346 g/mol. The average Bonchev–Trinajstić information content (AvgIpc) is 2.90. The van der Waals surface area contributed by atoms with Crippen LogP contribution in [0.15, 0.2) is 53.3 Å². The number of hydrogen-bond acceptors (Lipinski definition) is 4. The first kappa shape index (κ1) is 13.6. The number of carbonyl (C=O) groups excluding carboxylic acids is 1. The molecule has 106 valence electrons. The van der Waals surface area contributed by atoms with Crippen molar-refractivity contribution in [1.82, 2.24) is 9.38 Å². The van der Waals surface area contributed by atoms with E-state index in [0.29, 0.717) is 16.9 Å². The van der Waals surface area contributed by atoms with Gasteiger partial charge in [0.05, 0.1) is 11.3 Å². The second-order valence-corrected chi connectivity index (χ2v) is 5.37. The Labute approximate surface area is 129 Å². The van der Waals surface area contributed by atoms with Gasteiger partial charge in [0.25, 0.3) is 0 Å². The number of imidazole rings is 1. The second-order valence-electron chi connectivity index (χ2n) is 4.51. The molecule has 0 spiro atoms. The lowest BCUT2D eigenvalue weighted by molar-refractivity contribution is 0.0468. The van der Waals surface area contributed by atoms with Crippen molar-refractivity contribution in [2.24, 2.45) is 0 Å². The van der Waals surface area contributed by atoms with E-state index in [4.69, 9.17) is 10.5 Å². The molecule has 21 heavy (non-hydrogen) atoms. The molecule has 2 heterocycles. The van der Waals surface area contributed by atoms with Crippen molar-refractivity contribution in [1.29, 1.82) is 0 Å². The zero-order valence-corrected chi connectivity index (χ0v) is 12.6. The molecule has 0 saturated heterocycles. The predicted octanol–water partition coefficient (Wildman–Crippen LogP) is 3.04. The monoisotopic (exact) mass is 345 g/mol. The zero-order chi connectivity index (χ0) is 14.8. The van der Waals surface area contributed by atoms with Gasteiger partial charge in [0.15, 0.2) is 0 Å². The van der Waals surface area contributed by atoms with Gasteiger partial charge in [0.2, 0.25) is 0 Å². The normalized spacial score (nSPS) is 10.7. The molecule has 2 N–H and O–H groups in total. The molecule has 3 aromatic rings. The number of nitrogens with zero attached hydrogens (tertiary/aromatic N) is 2. The number of aromatic nitrogens is 2. The van der Waals surface area contributed by atoms with Crippen LogP contribution in [0.4, 0.5) is 5.69 Å². The minimum Gasteiger partial charge on any atom is -0.456 e. The molecule has 0 fully saturated rings. The number of nitrogen functional groups attached to an aromatic ring is 1. The van der Waals surface area contributed by atoms with Gasteiger partial charge in [-0.25, -0.2) is 9.78 Å². The molecule has 0 aliphatic carbocycles. The number of rotatable bonds is 3. The molecule has 6 heteroatoms. The number of ether oxygens (including phenoxy) is 1. The molecule has 2 aromatic heterocycles. The summed E-state index contributed by atoms with van der Waals surface area (Å²) in [6.07, 6.45) is 3.72. The van der Waals surface area contributed by atoms with Crippen LogP contribution in [-0.2, 0) is 11.3 Å². The van der Waals surface area contributed by atoms with E-state index in [1.54, 1.807) is 18.2 Å². The van der Waals surface area contributed by atoms with Crippen molar-refractivity contribution in [3.63, 3.8) is 0 Å². The quantitative estimate of drug-likeness (QED) is 0.585. The van der Waals surface area contributed by atoms with E-state index < -0.39 is 5.97 Å². The number of halogens is 1. The summed E-state index contributed by atoms with van der Waals surface area (Å²) in [6, 6.07) is 10.7. The third kappa shape index (κ3) is 2.90. The van der Waals surface area contributed by atoms with Gasteiger partial charge in [-0.2, -0.15) is 0 Å². The molecule has 3 rings (SSSR count). The lowest BCUT2D eigenvalue weighted by atomic mass is 10.2. The summed E-state index contributed by atoms with van der Waals surface area (Å²) in [5.41, 5.74) is 8.17. The molecule has 0 aliphatic heterocycles. The van der Waals surface area contributed by atoms with Gasteiger partial charge in [-0.3, -0.25) is 0 Å². The Kier molecular flexibility index (Phi) is 3.62. The van der Waals surface area contributed by atoms with Crippen LogP contribution in [-0.4, -0.2) is 15.4 Å². The van der Waals surface area contributed by atoms with Gasteiger partial charge in [-0.05, 0) is 46.3 Å². The fourth-order valence-corrected chi connectivity index (χ4v) is 2.20. The first-order valence-corrected chi connectivity index (χ1v) is 7.07. The van der Waals surface area contributed by atoms with Crippen molar-refractivity contribution in [2.45, 2.75) is 6.61 Å². The molecule has 0 unspecified atom stereocenters. The number of fused-ring (bicyclic) bond motifs is 1. The molecule has 0 amide bonds. The highest BCUT2D eigenvalue weighted by Crippen LogP contribution is 2.20. The fraction of sp³-hybridized carbons (Fsp3) is 0.0667. The Morgan fingerprint density at radius 3 is 2.95 bits per heavy atom. The van der Waals surface area contributed by atoms with Crippen LogP contribution in [0.1, 0.15) is 16.1 Å². The van der Waals surface area contributed by atoms with Crippen molar-refractivity contribution >= 4 is 33.2 Å². The summed E-state index contributed by atoms with van der Waals surface area (Å²) >= 11 is 3.28. The van der Waals surface area contributed by atoms with E-state index in [1.165, 1.54) is 0 Å². The van der Waals surface area contributed by atoms with Crippen LogP contribution in [0.2, 0.25) is 0 Å². The van der Waals surface area contributed by atoms with Crippen LogP contribution in [0, 0.1) is 0 Å². The minimum atomic E-state index is -0.425. The summed E-state index contributed by atoms with van der Waals surface area (Å²) in [6.45, 7) is 0.122. The number of benzene rings is 1. The summed E-state index contributed by atoms with van der Waals surface area (Å²) in [5, 5.41) is 0. The number of anilines is 1. The van der Waals surface area contributed by atoms with Gasteiger partial charge in [0.1, 0.15) is 12.3 Å². The topological polar surface area (TPSA) is 69.6 Å². The zero-order valence-electron chi connectivity index (χ0n) is 11.0. The number of carbonyl (C=O) groups is 1. The van der Waals surface area contributed by atoms with Crippen molar-refractivity contribution in [3.05, 3.63) is 64.5 Å². The van der Waals surface area contributed by atoms with Crippen LogP contribution in [0.25, 0.3) is 5.65 Å². The lowest BCUT2D eigenvalue weighted by Crippen LogP contribution is -2.06. The van der Waals surface area contributed by atoms with Gasteiger partial charge in [0, 0.05) is 22.6 Å². The van der Waals surface area contributed by atoms with E-state index in [9.17, 15) is 4.79 Å². The summed E-state index contributed by atoms with van der Waals surface area (Å²) in [7, 11) is 0. The van der Waals surface area contributed by atoms with E-state index >= 15 is 0 Å². The van der Waals surface area contributed by atoms with E-state index in [0.717, 1.165) is 10.1 Å².